The van der Waals surface area contributed by atoms with E-state index in [2.05, 4.69) is 15.5 Å². The first-order valence-electron chi connectivity index (χ1n) is 7.43. The number of anilines is 1. The van der Waals surface area contributed by atoms with Crippen molar-refractivity contribution in [3.8, 4) is 0 Å². The van der Waals surface area contributed by atoms with Crippen molar-refractivity contribution in [3.05, 3.63) is 45.0 Å². The first-order valence-corrected chi connectivity index (χ1v) is 8.24. The van der Waals surface area contributed by atoms with Crippen molar-refractivity contribution in [2.24, 2.45) is 0 Å². The van der Waals surface area contributed by atoms with Crippen LogP contribution in [0, 0.1) is 17.0 Å². The minimum Gasteiger partial charge on any atom is -0.461 e. The molecule has 0 atom stereocenters. The molecule has 25 heavy (non-hydrogen) atoms. The summed E-state index contributed by atoms with van der Waals surface area (Å²) < 4.78 is 5.07. The number of ether oxygens (including phenoxy) is 1. The molecule has 1 aromatic carbocycles. The van der Waals surface area contributed by atoms with Crippen LogP contribution >= 0.6 is 11.3 Å². The highest BCUT2D eigenvalue weighted by atomic mass is 32.1. The zero-order valence-electron chi connectivity index (χ0n) is 13.4. The predicted molar refractivity (Wildman–Crippen MR) is 90.0 cm³/mol. The van der Waals surface area contributed by atoms with Gasteiger partial charge in [-0.3, -0.25) is 19.7 Å². The van der Waals surface area contributed by atoms with Crippen LogP contribution in [-0.4, -0.2) is 27.0 Å². The molecule has 1 N–H and O–H groups in total. The van der Waals surface area contributed by atoms with E-state index in [4.69, 9.17) is 4.74 Å². The van der Waals surface area contributed by atoms with E-state index in [9.17, 15) is 19.7 Å². The van der Waals surface area contributed by atoms with Gasteiger partial charge in [-0.05, 0) is 31.0 Å². The second-order valence-electron chi connectivity index (χ2n) is 5.11. The molecule has 132 valence electrons. The van der Waals surface area contributed by atoms with Crippen LogP contribution < -0.4 is 5.32 Å². The van der Waals surface area contributed by atoms with Crippen molar-refractivity contribution in [2.75, 3.05) is 5.32 Å². The van der Waals surface area contributed by atoms with Crippen LogP contribution in [0.1, 0.15) is 29.8 Å². The van der Waals surface area contributed by atoms with Gasteiger partial charge < -0.3 is 10.1 Å². The number of nitro benzene ring substituents is 1. The number of rotatable bonds is 8. The molecule has 0 bridgehead atoms. The molecular formula is C15H16N4O5S. The molecule has 2 rings (SSSR count). The normalized spacial score (nSPS) is 10.3. The lowest BCUT2D eigenvalue weighted by Crippen LogP contribution is -2.12. The minimum atomic E-state index is -0.496. The molecule has 9 nitrogen and oxygen atoms in total. The highest BCUT2D eigenvalue weighted by Crippen LogP contribution is 2.15. The monoisotopic (exact) mass is 364 g/mol. The average Bonchev–Trinajstić information content (AvgIpc) is 2.98. The van der Waals surface area contributed by atoms with Crippen molar-refractivity contribution in [1.82, 2.24) is 10.2 Å². The summed E-state index contributed by atoms with van der Waals surface area (Å²) in [6, 6.07) is 5.76. The van der Waals surface area contributed by atoms with Gasteiger partial charge in [0.25, 0.3) is 5.69 Å². The molecule has 0 saturated carbocycles. The van der Waals surface area contributed by atoms with Gasteiger partial charge in [-0.25, -0.2) is 0 Å². The maximum atomic E-state index is 11.7. The summed E-state index contributed by atoms with van der Waals surface area (Å²) in [5, 5.41) is 21.9. The standard InChI is InChI=1S/C15H16N4O5S/c1-10-17-18-15(25-10)16-13(20)3-2-4-14(21)24-9-11-5-7-12(8-6-11)19(22)23/h5-8H,2-4,9H2,1H3,(H,16,18,20). The smallest absolute Gasteiger partial charge is 0.306 e. The Bertz CT molecular complexity index is 760. The summed E-state index contributed by atoms with van der Waals surface area (Å²) in [5.74, 6) is -0.669. The van der Waals surface area contributed by atoms with Gasteiger partial charge in [-0.15, -0.1) is 10.2 Å². The Morgan fingerprint density at radius 2 is 1.96 bits per heavy atom. The first kappa shape index (κ1) is 18.5. The summed E-state index contributed by atoms with van der Waals surface area (Å²) in [7, 11) is 0. The molecule has 0 fully saturated rings. The van der Waals surface area contributed by atoms with Crippen molar-refractivity contribution in [1.29, 1.82) is 0 Å². The van der Waals surface area contributed by atoms with Crippen molar-refractivity contribution in [3.63, 3.8) is 0 Å². The summed E-state index contributed by atoms with van der Waals surface area (Å²) in [6.07, 6.45) is 0.628. The molecule has 1 aromatic heterocycles. The molecule has 10 heteroatoms. The molecule has 0 aliphatic heterocycles. The Labute approximate surface area is 147 Å². The van der Waals surface area contributed by atoms with Crippen molar-refractivity contribution >= 4 is 34.0 Å². The van der Waals surface area contributed by atoms with Gasteiger partial charge in [-0.2, -0.15) is 0 Å². The molecule has 1 amide bonds. The average molecular weight is 364 g/mol. The van der Waals surface area contributed by atoms with Crippen LogP contribution in [0.15, 0.2) is 24.3 Å². The highest BCUT2D eigenvalue weighted by Gasteiger charge is 2.10. The molecule has 0 aliphatic rings. The van der Waals surface area contributed by atoms with Crippen LogP contribution in [0.2, 0.25) is 0 Å². The van der Waals surface area contributed by atoms with Gasteiger partial charge in [0.1, 0.15) is 11.6 Å². The number of nitrogens with one attached hydrogen (secondary N) is 1. The summed E-state index contributed by atoms with van der Waals surface area (Å²) in [6.45, 7) is 1.82. The maximum Gasteiger partial charge on any atom is 0.306 e. The van der Waals surface area contributed by atoms with E-state index in [0.29, 0.717) is 17.1 Å². The summed E-state index contributed by atoms with van der Waals surface area (Å²) in [4.78, 5) is 33.4. The molecule has 2 aromatic rings. The topological polar surface area (TPSA) is 124 Å². The van der Waals surface area contributed by atoms with Gasteiger partial charge in [0.05, 0.1) is 4.92 Å². The zero-order valence-corrected chi connectivity index (χ0v) is 14.2. The molecule has 0 aliphatic carbocycles. The lowest BCUT2D eigenvalue weighted by atomic mass is 10.2. The summed E-state index contributed by atoms with van der Waals surface area (Å²) >= 11 is 1.28. The van der Waals surface area contributed by atoms with Crippen molar-refractivity contribution < 1.29 is 19.2 Å². The number of carbonyl (C=O) groups is 2. The Kier molecular flexibility index (Phi) is 6.52. The molecule has 0 saturated heterocycles. The zero-order chi connectivity index (χ0) is 18.2. The van der Waals surface area contributed by atoms with E-state index in [1.165, 1.54) is 35.6 Å². The number of aryl methyl sites for hydroxylation is 1. The Morgan fingerprint density at radius 3 is 2.56 bits per heavy atom. The molecule has 0 radical (unpaired) electrons. The van der Waals surface area contributed by atoms with E-state index >= 15 is 0 Å². The van der Waals surface area contributed by atoms with E-state index in [-0.39, 0.29) is 31.0 Å². The fraction of sp³-hybridized carbons (Fsp3) is 0.333. The fourth-order valence-electron chi connectivity index (χ4n) is 1.87. The van der Waals surface area contributed by atoms with E-state index < -0.39 is 10.9 Å². The third kappa shape index (κ3) is 6.26. The lowest BCUT2D eigenvalue weighted by molar-refractivity contribution is -0.384. The van der Waals surface area contributed by atoms with Crippen molar-refractivity contribution in [2.45, 2.75) is 32.8 Å². The third-order valence-corrected chi connectivity index (χ3v) is 3.86. The Balaban J connectivity index is 1.65. The first-order chi connectivity index (χ1) is 11.9. The number of amides is 1. The molecular weight excluding hydrogens is 348 g/mol. The SMILES string of the molecule is Cc1nnc(NC(=O)CCCC(=O)OCc2ccc([N+](=O)[O-])cc2)s1. The van der Waals surface area contributed by atoms with Gasteiger partial charge in [0.2, 0.25) is 11.0 Å². The maximum absolute atomic E-state index is 11.7. The summed E-state index contributed by atoms with van der Waals surface area (Å²) in [5.41, 5.74) is 0.634. The van der Waals surface area contributed by atoms with Crippen LogP contribution in [0.4, 0.5) is 10.8 Å². The number of non-ortho nitro benzene ring substituents is 1. The number of carbonyl (C=O) groups excluding carboxylic acids is 2. The number of nitro groups is 1. The quantitative estimate of drug-likeness (QED) is 0.433. The van der Waals surface area contributed by atoms with Crippen LogP contribution in [0.5, 0.6) is 0 Å². The predicted octanol–water partition coefficient (Wildman–Crippen LogP) is 2.61. The lowest BCUT2D eigenvalue weighted by Gasteiger charge is -2.05. The molecule has 1 heterocycles. The Morgan fingerprint density at radius 1 is 1.24 bits per heavy atom. The second kappa shape index (κ2) is 8.83. The van der Waals surface area contributed by atoms with Gasteiger partial charge >= 0.3 is 5.97 Å². The minimum absolute atomic E-state index is 0.0216. The number of aromatic nitrogens is 2. The third-order valence-electron chi connectivity index (χ3n) is 3.10. The fourth-order valence-corrected chi connectivity index (χ4v) is 2.48. The molecule has 0 unspecified atom stereocenters. The van der Waals surface area contributed by atoms with Crippen LogP contribution in [-0.2, 0) is 20.9 Å². The van der Waals surface area contributed by atoms with Crippen LogP contribution in [0.25, 0.3) is 0 Å². The number of nitrogens with zero attached hydrogens (tertiary/aromatic N) is 3. The van der Waals surface area contributed by atoms with Crippen LogP contribution in [0.3, 0.4) is 0 Å². The number of hydrogen-bond acceptors (Lipinski definition) is 8. The van der Waals surface area contributed by atoms with E-state index in [0.717, 1.165) is 5.01 Å². The number of benzene rings is 1. The molecule has 0 spiro atoms. The second-order valence-corrected chi connectivity index (χ2v) is 6.29. The number of hydrogen-bond donors (Lipinski definition) is 1. The number of esters is 1. The van der Waals surface area contributed by atoms with Gasteiger partial charge in [0, 0.05) is 25.0 Å². The highest BCUT2D eigenvalue weighted by molar-refractivity contribution is 7.15. The Hall–Kier alpha value is -2.88. The van der Waals surface area contributed by atoms with Gasteiger partial charge in [0.15, 0.2) is 0 Å². The van der Waals surface area contributed by atoms with Gasteiger partial charge in [-0.1, -0.05) is 11.3 Å². The largest absolute Gasteiger partial charge is 0.461 e. The van der Waals surface area contributed by atoms with E-state index in [1.54, 1.807) is 6.92 Å². The van der Waals surface area contributed by atoms with E-state index in [1.807, 2.05) is 0 Å².